The molecule has 0 saturated carbocycles. The molecule has 0 spiro atoms. The Labute approximate surface area is 119 Å². The van der Waals surface area contributed by atoms with Crippen molar-refractivity contribution in [3.05, 3.63) is 65.9 Å². The van der Waals surface area contributed by atoms with Crippen molar-refractivity contribution in [3.8, 4) is 10.7 Å². The van der Waals surface area contributed by atoms with Crippen LogP contribution in [0.1, 0.15) is 0 Å². The molecule has 0 aliphatic carbocycles. The maximum Gasteiger partial charge on any atom is 0.253 e. The molecule has 0 N–H and O–H groups in total. The Hall–Kier alpha value is -2.46. The van der Waals surface area contributed by atoms with E-state index in [2.05, 4.69) is 4.98 Å². The molecule has 4 rings (SSSR count). The second-order valence-corrected chi connectivity index (χ2v) is 5.59. The first-order chi connectivity index (χ1) is 9.83. The Morgan fingerprint density at radius 3 is 2.60 bits per heavy atom. The zero-order chi connectivity index (χ0) is 13.5. The van der Waals surface area contributed by atoms with E-state index in [1.165, 1.54) is 0 Å². The molecule has 4 heteroatoms. The van der Waals surface area contributed by atoms with Crippen molar-refractivity contribution < 1.29 is 4.73 Å². The topological polar surface area (TPSA) is 39.8 Å². The summed E-state index contributed by atoms with van der Waals surface area (Å²) in [5.74, 6) is 0. The van der Waals surface area contributed by atoms with Gasteiger partial charge in [0.15, 0.2) is 5.01 Å². The molecule has 0 fully saturated rings. The molecule has 2 aromatic heterocycles. The molecule has 0 unspecified atom stereocenters. The van der Waals surface area contributed by atoms with E-state index in [0.29, 0.717) is 11.2 Å². The van der Waals surface area contributed by atoms with Gasteiger partial charge in [-0.15, -0.1) is 11.3 Å². The summed E-state index contributed by atoms with van der Waals surface area (Å²) in [6.45, 7) is 0. The van der Waals surface area contributed by atoms with Crippen molar-refractivity contribution in [1.82, 2.24) is 4.98 Å². The fourth-order valence-electron chi connectivity index (χ4n) is 2.32. The first-order valence-electron chi connectivity index (χ1n) is 6.30. The highest BCUT2D eigenvalue weighted by molar-refractivity contribution is 7.21. The SMILES string of the molecule is [O-][n+]1c(-c2nc3ccccc3s2)ccc2ccccc21. The summed E-state index contributed by atoms with van der Waals surface area (Å²) in [4.78, 5) is 4.55. The van der Waals surface area contributed by atoms with Crippen LogP contribution in [0.3, 0.4) is 0 Å². The number of rotatable bonds is 1. The second-order valence-electron chi connectivity index (χ2n) is 4.56. The average molecular weight is 278 g/mol. The number of hydrogen-bond donors (Lipinski definition) is 0. The third-order valence-corrected chi connectivity index (χ3v) is 4.37. The first-order valence-corrected chi connectivity index (χ1v) is 7.12. The van der Waals surface area contributed by atoms with E-state index < -0.39 is 0 Å². The standard InChI is InChI=1S/C16H10N2OS/c19-18-13-7-3-1-5-11(13)9-10-14(18)16-17-12-6-2-4-8-15(12)20-16/h1-10H. The molecule has 3 nitrogen and oxygen atoms in total. The average Bonchev–Trinajstić information content (AvgIpc) is 2.91. The van der Waals surface area contributed by atoms with Gasteiger partial charge in [0.1, 0.15) is 0 Å². The number of pyridine rings is 1. The maximum absolute atomic E-state index is 12.5. The van der Waals surface area contributed by atoms with Crippen molar-refractivity contribution in [1.29, 1.82) is 0 Å². The van der Waals surface area contributed by atoms with E-state index >= 15 is 0 Å². The first kappa shape index (κ1) is 11.4. The zero-order valence-electron chi connectivity index (χ0n) is 10.5. The van der Waals surface area contributed by atoms with Gasteiger partial charge in [-0.25, -0.2) is 4.98 Å². The highest BCUT2D eigenvalue weighted by atomic mass is 32.1. The van der Waals surface area contributed by atoms with Gasteiger partial charge in [0, 0.05) is 17.5 Å². The van der Waals surface area contributed by atoms with Crippen LogP contribution in [0.25, 0.3) is 31.8 Å². The van der Waals surface area contributed by atoms with Gasteiger partial charge in [-0.05, 0) is 24.3 Å². The van der Waals surface area contributed by atoms with Crippen molar-refractivity contribution in [2.45, 2.75) is 0 Å². The van der Waals surface area contributed by atoms with E-state index in [4.69, 9.17) is 0 Å². The van der Waals surface area contributed by atoms with Crippen LogP contribution >= 0.6 is 11.3 Å². The molecule has 0 amide bonds. The Balaban J connectivity index is 1.99. The minimum Gasteiger partial charge on any atom is -0.618 e. The van der Waals surface area contributed by atoms with Crippen molar-refractivity contribution in [3.63, 3.8) is 0 Å². The Morgan fingerprint density at radius 2 is 1.70 bits per heavy atom. The number of benzene rings is 2. The lowest BCUT2D eigenvalue weighted by atomic mass is 10.2. The largest absolute Gasteiger partial charge is 0.618 e. The van der Waals surface area contributed by atoms with E-state index in [9.17, 15) is 5.21 Å². The van der Waals surface area contributed by atoms with Crippen molar-refractivity contribution >= 4 is 32.5 Å². The summed E-state index contributed by atoms with van der Waals surface area (Å²) >= 11 is 1.54. The normalized spacial score (nSPS) is 11.2. The van der Waals surface area contributed by atoms with Gasteiger partial charge in [-0.2, -0.15) is 4.73 Å². The van der Waals surface area contributed by atoms with Gasteiger partial charge in [-0.3, -0.25) is 0 Å². The molecule has 0 radical (unpaired) electrons. The van der Waals surface area contributed by atoms with Crippen LogP contribution in [0, 0.1) is 5.21 Å². The fraction of sp³-hybridized carbons (Fsp3) is 0. The molecule has 4 aromatic rings. The fourth-order valence-corrected chi connectivity index (χ4v) is 3.29. The molecule has 0 saturated heterocycles. The van der Waals surface area contributed by atoms with Crippen LogP contribution in [0.15, 0.2) is 60.7 Å². The van der Waals surface area contributed by atoms with Gasteiger partial charge in [0.25, 0.3) is 5.69 Å². The Bertz CT molecular complexity index is 897. The predicted octanol–water partition coefficient (Wildman–Crippen LogP) is 3.75. The van der Waals surface area contributed by atoms with Crippen LogP contribution in [-0.2, 0) is 0 Å². The van der Waals surface area contributed by atoms with Gasteiger partial charge >= 0.3 is 0 Å². The summed E-state index contributed by atoms with van der Waals surface area (Å²) < 4.78 is 2.06. The molecule has 0 atom stereocenters. The monoisotopic (exact) mass is 278 g/mol. The minimum atomic E-state index is 0.602. The molecule has 2 aromatic carbocycles. The Kier molecular flexibility index (Phi) is 2.44. The number of para-hydroxylation sites is 2. The highest BCUT2D eigenvalue weighted by Crippen LogP contribution is 2.28. The van der Waals surface area contributed by atoms with Gasteiger partial charge < -0.3 is 5.21 Å². The summed E-state index contributed by atoms with van der Waals surface area (Å²) in [6, 6.07) is 19.3. The number of aromatic nitrogens is 2. The van der Waals surface area contributed by atoms with Crippen molar-refractivity contribution in [2.75, 3.05) is 0 Å². The van der Waals surface area contributed by atoms with Crippen molar-refractivity contribution in [2.24, 2.45) is 0 Å². The minimum absolute atomic E-state index is 0.602. The van der Waals surface area contributed by atoms with Gasteiger partial charge in [0.05, 0.1) is 10.2 Å². The Morgan fingerprint density at radius 1 is 0.900 bits per heavy atom. The maximum atomic E-state index is 12.5. The lowest BCUT2D eigenvalue weighted by molar-refractivity contribution is -0.565. The van der Waals surface area contributed by atoms with Crippen LogP contribution in [0.5, 0.6) is 0 Å². The summed E-state index contributed by atoms with van der Waals surface area (Å²) in [5, 5.41) is 14.2. The predicted molar refractivity (Wildman–Crippen MR) is 81.5 cm³/mol. The highest BCUT2D eigenvalue weighted by Gasteiger charge is 2.16. The van der Waals surface area contributed by atoms with Gasteiger partial charge in [-0.1, -0.05) is 24.3 Å². The third-order valence-electron chi connectivity index (χ3n) is 3.31. The molecule has 96 valence electrons. The summed E-state index contributed by atoms with van der Waals surface area (Å²) in [5.41, 5.74) is 2.20. The number of fused-ring (bicyclic) bond motifs is 2. The molecule has 2 heterocycles. The van der Waals surface area contributed by atoms with E-state index in [1.807, 2.05) is 60.7 Å². The molecule has 0 aliphatic rings. The lowest BCUT2D eigenvalue weighted by Crippen LogP contribution is -2.29. The third kappa shape index (κ3) is 1.66. The molecule has 20 heavy (non-hydrogen) atoms. The molecule has 0 aliphatic heterocycles. The number of thiazole rings is 1. The van der Waals surface area contributed by atoms with Crippen LogP contribution in [0.2, 0.25) is 0 Å². The van der Waals surface area contributed by atoms with Crippen LogP contribution in [-0.4, -0.2) is 4.98 Å². The van der Waals surface area contributed by atoms with Gasteiger partial charge in [0.2, 0.25) is 5.52 Å². The smallest absolute Gasteiger partial charge is 0.253 e. The van der Waals surface area contributed by atoms with E-state index in [-0.39, 0.29) is 0 Å². The van der Waals surface area contributed by atoms with Crippen LogP contribution < -0.4 is 4.73 Å². The van der Waals surface area contributed by atoms with Crippen LogP contribution in [0.4, 0.5) is 0 Å². The molecular formula is C16H10N2OS. The summed E-state index contributed by atoms with van der Waals surface area (Å²) in [7, 11) is 0. The van der Waals surface area contributed by atoms with E-state index in [0.717, 1.165) is 25.3 Å². The second kappa shape index (κ2) is 4.28. The number of hydrogen-bond acceptors (Lipinski definition) is 3. The zero-order valence-corrected chi connectivity index (χ0v) is 11.3. The molecule has 0 bridgehead atoms. The lowest BCUT2D eigenvalue weighted by Gasteiger charge is -2.04. The quantitative estimate of drug-likeness (QED) is 0.393. The van der Waals surface area contributed by atoms with E-state index in [1.54, 1.807) is 11.3 Å². The summed E-state index contributed by atoms with van der Waals surface area (Å²) in [6.07, 6.45) is 0. The molecular weight excluding hydrogens is 268 g/mol. The number of nitrogens with zero attached hydrogens (tertiary/aromatic N) is 2.